The van der Waals surface area contributed by atoms with E-state index in [1.54, 1.807) is 18.2 Å². The van der Waals surface area contributed by atoms with E-state index >= 15 is 0 Å². The number of hydrogen-bond donors (Lipinski definition) is 2. The molecular weight excluding hydrogens is 252 g/mol. The van der Waals surface area contributed by atoms with Crippen LogP contribution in [-0.2, 0) is 0 Å². The summed E-state index contributed by atoms with van der Waals surface area (Å²) in [4.78, 5) is 14.0. The summed E-state index contributed by atoms with van der Waals surface area (Å²) < 4.78 is 0. The van der Waals surface area contributed by atoms with Crippen molar-refractivity contribution in [2.75, 3.05) is 25.0 Å². The molecule has 0 aromatic heterocycles. The molecule has 0 atom stereocenters. The number of nitrogens with one attached hydrogen (secondary N) is 1. The third-order valence-electron chi connectivity index (χ3n) is 3.08. The number of carbonyl (C=O) groups excluding carboxylic acids is 1. The number of likely N-dealkylation sites (N-methyl/N-ethyl adjacent to an activating group) is 1. The Morgan fingerprint density at radius 3 is 2.45 bits per heavy atom. The first-order chi connectivity index (χ1) is 9.68. The lowest BCUT2D eigenvalue weighted by molar-refractivity contribution is 0.0952. The van der Waals surface area contributed by atoms with Gasteiger partial charge in [-0.3, -0.25) is 4.79 Å². The Bertz CT molecular complexity index is 570. The van der Waals surface area contributed by atoms with Crippen LogP contribution in [0, 0.1) is 0 Å². The maximum absolute atomic E-state index is 11.9. The first-order valence-corrected chi connectivity index (χ1v) is 6.51. The Morgan fingerprint density at radius 1 is 1.10 bits per heavy atom. The van der Waals surface area contributed by atoms with Crippen molar-refractivity contribution in [3.8, 4) is 5.75 Å². The number of para-hydroxylation sites is 2. The lowest BCUT2D eigenvalue weighted by Gasteiger charge is -2.19. The number of amides is 1. The smallest absolute Gasteiger partial charge is 0.255 e. The molecule has 0 aliphatic carbocycles. The van der Waals surface area contributed by atoms with Gasteiger partial charge in [-0.2, -0.15) is 0 Å². The fourth-order valence-corrected chi connectivity index (χ4v) is 1.91. The van der Waals surface area contributed by atoms with Crippen LogP contribution in [0.5, 0.6) is 5.75 Å². The summed E-state index contributed by atoms with van der Waals surface area (Å²) in [6.07, 6.45) is 0. The molecule has 2 rings (SSSR count). The first-order valence-electron chi connectivity index (χ1n) is 6.51. The molecule has 2 aromatic rings. The van der Waals surface area contributed by atoms with Crippen molar-refractivity contribution < 1.29 is 9.90 Å². The van der Waals surface area contributed by atoms with Gasteiger partial charge in [0.05, 0.1) is 5.56 Å². The van der Waals surface area contributed by atoms with E-state index in [-0.39, 0.29) is 11.7 Å². The molecule has 0 aliphatic heterocycles. The number of phenolic OH excluding ortho intramolecular Hbond substituents is 1. The van der Waals surface area contributed by atoms with E-state index in [0.29, 0.717) is 18.7 Å². The zero-order valence-corrected chi connectivity index (χ0v) is 11.4. The van der Waals surface area contributed by atoms with Crippen LogP contribution in [0.2, 0.25) is 0 Å². The molecule has 2 N–H and O–H groups in total. The summed E-state index contributed by atoms with van der Waals surface area (Å²) >= 11 is 0. The number of aromatic hydroxyl groups is 1. The molecule has 0 bridgehead atoms. The minimum Gasteiger partial charge on any atom is -0.507 e. The van der Waals surface area contributed by atoms with Crippen LogP contribution >= 0.6 is 0 Å². The van der Waals surface area contributed by atoms with Gasteiger partial charge in [-0.15, -0.1) is 0 Å². The Labute approximate surface area is 118 Å². The summed E-state index contributed by atoms with van der Waals surface area (Å²) in [5.41, 5.74) is 1.40. The molecule has 0 saturated carbocycles. The van der Waals surface area contributed by atoms with Gasteiger partial charge in [0.15, 0.2) is 0 Å². The molecule has 0 radical (unpaired) electrons. The van der Waals surface area contributed by atoms with E-state index in [9.17, 15) is 9.90 Å². The van der Waals surface area contributed by atoms with Gasteiger partial charge in [0.25, 0.3) is 5.91 Å². The van der Waals surface area contributed by atoms with Crippen LogP contribution in [0.15, 0.2) is 54.6 Å². The fourth-order valence-electron chi connectivity index (χ4n) is 1.91. The third kappa shape index (κ3) is 3.51. The summed E-state index contributed by atoms with van der Waals surface area (Å²) in [5, 5.41) is 12.4. The summed E-state index contributed by atoms with van der Waals surface area (Å²) in [7, 11) is 1.97. The number of benzene rings is 2. The number of hydrogen-bond acceptors (Lipinski definition) is 3. The van der Waals surface area contributed by atoms with Crippen molar-refractivity contribution in [2.45, 2.75) is 0 Å². The van der Waals surface area contributed by atoms with E-state index < -0.39 is 0 Å². The molecule has 0 unspecified atom stereocenters. The number of rotatable bonds is 5. The number of carbonyl (C=O) groups is 1. The number of phenols is 1. The summed E-state index contributed by atoms with van der Waals surface area (Å²) in [6.45, 7) is 1.21. The van der Waals surface area contributed by atoms with Crippen molar-refractivity contribution in [3.05, 3.63) is 60.2 Å². The van der Waals surface area contributed by atoms with Crippen LogP contribution in [0.3, 0.4) is 0 Å². The van der Waals surface area contributed by atoms with Gasteiger partial charge in [-0.25, -0.2) is 0 Å². The molecule has 4 heteroatoms. The second-order valence-electron chi connectivity index (χ2n) is 4.53. The second kappa shape index (κ2) is 6.61. The molecular formula is C16H18N2O2. The first kappa shape index (κ1) is 13.9. The van der Waals surface area contributed by atoms with Crippen molar-refractivity contribution in [1.82, 2.24) is 5.32 Å². The van der Waals surface area contributed by atoms with Gasteiger partial charge in [-0.1, -0.05) is 30.3 Å². The molecule has 0 aliphatic rings. The molecule has 1 amide bonds. The predicted octanol–water partition coefficient (Wildman–Crippen LogP) is 2.26. The van der Waals surface area contributed by atoms with Crippen LogP contribution in [0.25, 0.3) is 0 Å². The highest BCUT2D eigenvalue weighted by Crippen LogP contribution is 2.15. The summed E-state index contributed by atoms with van der Waals surface area (Å²) in [5.74, 6) is -0.258. The number of nitrogens with zero attached hydrogens (tertiary/aromatic N) is 1. The van der Waals surface area contributed by atoms with Crippen LogP contribution in [0.4, 0.5) is 5.69 Å². The Kier molecular flexibility index (Phi) is 4.60. The standard InChI is InChI=1S/C16H18N2O2/c1-18(13-7-3-2-4-8-13)12-11-17-16(20)14-9-5-6-10-15(14)19/h2-10,19H,11-12H2,1H3,(H,17,20). The molecule has 104 valence electrons. The zero-order chi connectivity index (χ0) is 14.4. The van der Waals surface area contributed by atoms with Crippen molar-refractivity contribution in [1.29, 1.82) is 0 Å². The van der Waals surface area contributed by atoms with Crippen LogP contribution in [-0.4, -0.2) is 31.2 Å². The maximum atomic E-state index is 11.9. The average Bonchev–Trinajstić information content (AvgIpc) is 2.48. The normalized spacial score (nSPS) is 10.1. The highest BCUT2D eigenvalue weighted by molar-refractivity contribution is 5.96. The van der Waals surface area contributed by atoms with E-state index in [4.69, 9.17) is 0 Å². The molecule has 2 aromatic carbocycles. The number of anilines is 1. The minimum atomic E-state index is -0.260. The van der Waals surface area contributed by atoms with Crippen molar-refractivity contribution in [2.24, 2.45) is 0 Å². The quantitative estimate of drug-likeness (QED) is 0.876. The third-order valence-corrected chi connectivity index (χ3v) is 3.08. The van der Waals surface area contributed by atoms with Crippen LogP contribution in [0.1, 0.15) is 10.4 Å². The minimum absolute atomic E-state index is 0.00131. The van der Waals surface area contributed by atoms with Gasteiger partial charge in [0.2, 0.25) is 0 Å². The predicted molar refractivity (Wildman–Crippen MR) is 80.2 cm³/mol. The Hall–Kier alpha value is -2.49. The highest BCUT2D eigenvalue weighted by atomic mass is 16.3. The van der Waals surface area contributed by atoms with E-state index in [1.807, 2.05) is 37.4 Å². The molecule has 4 nitrogen and oxygen atoms in total. The van der Waals surface area contributed by atoms with Gasteiger partial charge < -0.3 is 15.3 Å². The lowest BCUT2D eigenvalue weighted by Crippen LogP contribution is -2.32. The highest BCUT2D eigenvalue weighted by Gasteiger charge is 2.09. The second-order valence-corrected chi connectivity index (χ2v) is 4.53. The van der Waals surface area contributed by atoms with E-state index in [1.165, 1.54) is 6.07 Å². The molecule has 0 heterocycles. The van der Waals surface area contributed by atoms with Crippen molar-refractivity contribution in [3.63, 3.8) is 0 Å². The average molecular weight is 270 g/mol. The summed E-state index contributed by atoms with van der Waals surface area (Å²) in [6, 6.07) is 16.5. The molecule has 0 fully saturated rings. The van der Waals surface area contributed by atoms with Gasteiger partial charge in [0, 0.05) is 25.8 Å². The lowest BCUT2D eigenvalue weighted by atomic mass is 10.2. The van der Waals surface area contributed by atoms with E-state index in [2.05, 4.69) is 10.2 Å². The monoisotopic (exact) mass is 270 g/mol. The van der Waals surface area contributed by atoms with Crippen molar-refractivity contribution >= 4 is 11.6 Å². The molecule has 0 saturated heterocycles. The van der Waals surface area contributed by atoms with Gasteiger partial charge in [0.1, 0.15) is 5.75 Å². The zero-order valence-electron chi connectivity index (χ0n) is 11.4. The molecule has 0 spiro atoms. The Morgan fingerprint density at radius 2 is 1.75 bits per heavy atom. The SMILES string of the molecule is CN(CCNC(=O)c1ccccc1O)c1ccccc1. The topological polar surface area (TPSA) is 52.6 Å². The largest absolute Gasteiger partial charge is 0.507 e. The fraction of sp³-hybridized carbons (Fsp3) is 0.188. The van der Waals surface area contributed by atoms with E-state index in [0.717, 1.165) is 5.69 Å². The van der Waals surface area contributed by atoms with Gasteiger partial charge >= 0.3 is 0 Å². The van der Waals surface area contributed by atoms with Gasteiger partial charge in [-0.05, 0) is 24.3 Å². The maximum Gasteiger partial charge on any atom is 0.255 e. The molecule has 20 heavy (non-hydrogen) atoms. The Balaban J connectivity index is 1.84. The van der Waals surface area contributed by atoms with Crippen LogP contribution < -0.4 is 10.2 Å².